The van der Waals surface area contributed by atoms with Crippen LogP contribution in [-0.4, -0.2) is 60.5 Å². The molecule has 0 spiro atoms. The number of nitrogens with two attached hydrogens (primary N) is 1. The summed E-state index contributed by atoms with van der Waals surface area (Å²) in [6, 6.07) is -1.47. The average molecular weight is 786 g/mol. The lowest BCUT2D eigenvalue weighted by atomic mass is 10.1. The van der Waals surface area contributed by atoms with Crippen molar-refractivity contribution in [2.45, 2.75) is 199 Å². The number of carbonyl (C=O) groups is 2. The lowest BCUT2D eigenvalue weighted by Crippen LogP contribution is -2.34. The lowest BCUT2D eigenvalue weighted by Gasteiger charge is -2.20. The minimum atomic E-state index is -4.62. The van der Waals surface area contributed by atoms with Gasteiger partial charge in [0.2, 0.25) is 0 Å². The Hall–Kier alpha value is -1.81. The van der Waals surface area contributed by atoms with E-state index in [0.717, 1.165) is 70.6 Å². The second kappa shape index (κ2) is 39.4. The number of phosphoric acid groups is 1. The SMILES string of the molecule is CCCCCC/C=C\C/C=C\CCCCCCCCCCOCC(COP(=O)(O)OCC(N)C(=O)O)OC(=O)CCCCCCC/C=C\CCCCCC. The Morgan fingerprint density at radius 2 is 1.02 bits per heavy atom. The zero-order valence-corrected chi connectivity index (χ0v) is 35.2. The Labute approximate surface area is 329 Å². The molecule has 0 rings (SSSR count). The van der Waals surface area contributed by atoms with Crippen LogP contribution in [0.2, 0.25) is 0 Å². The molecule has 0 aliphatic rings. The van der Waals surface area contributed by atoms with Crippen molar-refractivity contribution in [3.63, 3.8) is 0 Å². The van der Waals surface area contributed by atoms with Crippen LogP contribution in [0.4, 0.5) is 0 Å². The molecule has 11 heteroatoms. The first-order chi connectivity index (χ1) is 26.2. The third kappa shape index (κ3) is 38.5. The van der Waals surface area contributed by atoms with Crippen LogP contribution < -0.4 is 5.73 Å². The summed E-state index contributed by atoms with van der Waals surface area (Å²) < 4.78 is 33.3. The van der Waals surface area contributed by atoms with Gasteiger partial charge in [-0.05, 0) is 70.6 Å². The van der Waals surface area contributed by atoms with Gasteiger partial charge >= 0.3 is 19.8 Å². The fourth-order valence-corrected chi connectivity index (χ4v) is 6.52. The molecule has 316 valence electrons. The van der Waals surface area contributed by atoms with E-state index in [4.69, 9.17) is 29.4 Å². The van der Waals surface area contributed by atoms with E-state index < -0.39 is 45.1 Å². The first-order valence-electron chi connectivity index (χ1n) is 21.5. The molecule has 3 atom stereocenters. The van der Waals surface area contributed by atoms with Gasteiger partial charge in [-0.15, -0.1) is 0 Å². The van der Waals surface area contributed by atoms with Crippen LogP contribution in [-0.2, 0) is 32.7 Å². The number of aliphatic carboxylic acids is 1. The number of ether oxygens (including phenoxy) is 2. The van der Waals surface area contributed by atoms with Gasteiger partial charge in [0, 0.05) is 13.0 Å². The number of carboxylic acid groups (broad SMARTS) is 1. The first-order valence-corrected chi connectivity index (χ1v) is 23.0. The summed E-state index contributed by atoms with van der Waals surface area (Å²) in [7, 11) is -4.62. The number of allylic oxidation sites excluding steroid dienone is 6. The number of rotatable bonds is 41. The van der Waals surface area contributed by atoms with Crippen molar-refractivity contribution in [2.24, 2.45) is 5.73 Å². The van der Waals surface area contributed by atoms with Crippen molar-refractivity contribution in [1.29, 1.82) is 0 Å². The summed E-state index contributed by atoms with van der Waals surface area (Å²) in [4.78, 5) is 33.5. The van der Waals surface area contributed by atoms with Gasteiger partial charge in [-0.2, -0.15) is 0 Å². The van der Waals surface area contributed by atoms with Gasteiger partial charge in [-0.1, -0.05) is 147 Å². The van der Waals surface area contributed by atoms with E-state index in [1.54, 1.807) is 0 Å². The van der Waals surface area contributed by atoms with Crippen molar-refractivity contribution in [2.75, 3.05) is 26.4 Å². The molecule has 0 fully saturated rings. The van der Waals surface area contributed by atoms with E-state index in [0.29, 0.717) is 13.0 Å². The summed E-state index contributed by atoms with van der Waals surface area (Å²) in [5.41, 5.74) is 5.35. The maximum Gasteiger partial charge on any atom is 0.472 e. The number of carbonyl (C=O) groups excluding carboxylic acids is 1. The van der Waals surface area contributed by atoms with Gasteiger partial charge in [-0.25, -0.2) is 4.57 Å². The number of phosphoric ester groups is 1. The lowest BCUT2D eigenvalue weighted by molar-refractivity contribution is -0.154. The fourth-order valence-electron chi connectivity index (χ4n) is 5.75. The Morgan fingerprint density at radius 3 is 1.52 bits per heavy atom. The van der Waals surface area contributed by atoms with Crippen molar-refractivity contribution in [1.82, 2.24) is 0 Å². The van der Waals surface area contributed by atoms with Crippen molar-refractivity contribution in [3.8, 4) is 0 Å². The number of esters is 1. The maximum atomic E-state index is 12.6. The number of hydrogen-bond acceptors (Lipinski definition) is 8. The summed E-state index contributed by atoms with van der Waals surface area (Å²) in [6.07, 6.45) is 43.3. The molecule has 0 saturated carbocycles. The van der Waals surface area contributed by atoms with E-state index in [-0.39, 0.29) is 13.0 Å². The van der Waals surface area contributed by atoms with Crippen molar-refractivity contribution >= 4 is 19.8 Å². The van der Waals surface area contributed by atoms with Gasteiger partial charge in [0.05, 0.1) is 19.8 Å². The summed E-state index contributed by atoms with van der Waals surface area (Å²) in [5, 5.41) is 8.89. The molecular formula is C43H80NO9P. The topological polar surface area (TPSA) is 155 Å². The molecular weight excluding hydrogens is 705 g/mol. The van der Waals surface area contributed by atoms with Gasteiger partial charge in [0.1, 0.15) is 12.1 Å². The standard InChI is InChI=1S/C43H80NO9P/c1-3-5-7-9-11-13-15-17-18-19-20-21-22-24-26-28-30-32-34-36-50-37-40(38-51-54(48,49)52-39-41(44)43(46)47)53-42(45)35-33-31-29-27-25-23-16-14-12-10-8-6-4-2/h13-16,18-19,40-41H,3-12,17,20-39,44H2,1-2H3,(H,46,47)(H,48,49)/b15-13-,16-14-,19-18-. The average Bonchev–Trinajstić information content (AvgIpc) is 3.15. The minimum absolute atomic E-state index is 0.0102. The summed E-state index contributed by atoms with van der Waals surface area (Å²) >= 11 is 0. The predicted octanol–water partition coefficient (Wildman–Crippen LogP) is 11.7. The summed E-state index contributed by atoms with van der Waals surface area (Å²) in [6.45, 7) is 3.83. The molecule has 0 saturated heterocycles. The highest BCUT2D eigenvalue weighted by molar-refractivity contribution is 7.47. The van der Waals surface area contributed by atoms with Crippen LogP contribution >= 0.6 is 7.82 Å². The Kier molecular flexibility index (Phi) is 38.1. The molecule has 0 radical (unpaired) electrons. The monoisotopic (exact) mass is 786 g/mol. The van der Waals surface area contributed by atoms with E-state index in [2.05, 4.69) is 50.3 Å². The molecule has 0 bridgehead atoms. The van der Waals surface area contributed by atoms with Crippen LogP contribution in [0.25, 0.3) is 0 Å². The summed E-state index contributed by atoms with van der Waals surface area (Å²) in [5.74, 6) is -1.79. The van der Waals surface area contributed by atoms with Gasteiger partial charge in [0.25, 0.3) is 0 Å². The molecule has 0 aromatic carbocycles. The quantitative estimate of drug-likeness (QED) is 0.0236. The van der Waals surface area contributed by atoms with Crippen LogP contribution in [0.5, 0.6) is 0 Å². The first kappa shape index (κ1) is 52.2. The molecule has 3 unspecified atom stereocenters. The van der Waals surface area contributed by atoms with E-state index in [1.165, 1.54) is 89.9 Å². The number of hydrogen-bond donors (Lipinski definition) is 3. The Bertz CT molecular complexity index is 1000. The Balaban J connectivity index is 4.24. The molecule has 0 heterocycles. The number of unbranched alkanes of at least 4 members (excludes halogenated alkanes) is 21. The number of carboxylic acids is 1. The third-order valence-electron chi connectivity index (χ3n) is 9.14. The normalized spacial score (nSPS) is 14.3. The molecule has 54 heavy (non-hydrogen) atoms. The minimum Gasteiger partial charge on any atom is -0.480 e. The molecule has 0 aliphatic heterocycles. The highest BCUT2D eigenvalue weighted by Gasteiger charge is 2.27. The van der Waals surface area contributed by atoms with Crippen LogP contribution in [0.3, 0.4) is 0 Å². The van der Waals surface area contributed by atoms with E-state index in [9.17, 15) is 19.0 Å². The molecule has 10 nitrogen and oxygen atoms in total. The van der Waals surface area contributed by atoms with E-state index >= 15 is 0 Å². The molecule has 0 aromatic heterocycles. The zero-order valence-electron chi connectivity index (χ0n) is 34.3. The highest BCUT2D eigenvalue weighted by atomic mass is 31.2. The second-order valence-electron chi connectivity index (χ2n) is 14.5. The van der Waals surface area contributed by atoms with E-state index in [1.807, 2.05) is 0 Å². The third-order valence-corrected chi connectivity index (χ3v) is 10.1. The van der Waals surface area contributed by atoms with Crippen molar-refractivity contribution < 1.29 is 42.7 Å². The van der Waals surface area contributed by atoms with Crippen LogP contribution in [0.1, 0.15) is 187 Å². The van der Waals surface area contributed by atoms with Crippen LogP contribution in [0, 0.1) is 0 Å². The van der Waals surface area contributed by atoms with Crippen molar-refractivity contribution in [3.05, 3.63) is 36.5 Å². The maximum absolute atomic E-state index is 12.6. The zero-order chi connectivity index (χ0) is 39.8. The van der Waals surface area contributed by atoms with Gasteiger partial charge in [-0.3, -0.25) is 18.6 Å². The molecule has 4 N–H and O–H groups in total. The Morgan fingerprint density at radius 1 is 0.593 bits per heavy atom. The molecule has 0 amide bonds. The molecule has 0 aromatic rings. The fraction of sp³-hybridized carbons (Fsp3) is 0.814. The van der Waals surface area contributed by atoms with Gasteiger partial charge < -0.3 is 25.2 Å². The van der Waals surface area contributed by atoms with Crippen LogP contribution in [0.15, 0.2) is 36.5 Å². The smallest absolute Gasteiger partial charge is 0.472 e. The largest absolute Gasteiger partial charge is 0.480 e. The van der Waals surface area contributed by atoms with Gasteiger partial charge in [0.15, 0.2) is 0 Å². The molecule has 0 aliphatic carbocycles. The second-order valence-corrected chi connectivity index (χ2v) is 15.9. The predicted molar refractivity (Wildman–Crippen MR) is 221 cm³/mol. The highest BCUT2D eigenvalue weighted by Crippen LogP contribution is 2.43.